The van der Waals surface area contributed by atoms with Crippen molar-refractivity contribution in [3.63, 3.8) is 0 Å². The predicted octanol–water partition coefficient (Wildman–Crippen LogP) is 1.37. The molecule has 0 spiro atoms. The number of methoxy groups -OCH3 is 1. The first-order chi connectivity index (χ1) is 10.6. The highest BCUT2D eigenvalue weighted by Crippen LogP contribution is 2.35. The fourth-order valence-electron chi connectivity index (χ4n) is 3.56. The maximum Gasteiger partial charge on any atom is 0.229 e. The van der Waals surface area contributed by atoms with E-state index in [0.29, 0.717) is 6.04 Å². The van der Waals surface area contributed by atoms with Crippen molar-refractivity contribution < 1.29 is 14.3 Å². The van der Waals surface area contributed by atoms with Gasteiger partial charge in [-0.2, -0.15) is 0 Å². The molecule has 0 saturated carbocycles. The molecule has 0 aliphatic carbocycles. The normalized spacial score (nSPS) is 27.7. The number of fused-ring (bicyclic) bond motifs is 1. The molecule has 0 bridgehead atoms. The second kappa shape index (κ2) is 6.26. The van der Waals surface area contributed by atoms with Crippen molar-refractivity contribution in [1.82, 2.24) is 9.80 Å². The SMILES string of the molecule is COc1ccc(CN2C[C@@H](C(=O)N(C)C)[C@@H]3OCC[C@@H]32)cc1. The van der Waals surface area contributed by atoms with Crippen molar-refractivity contribution in [1.29, 1.82) is 0 Å². The number of hydrogen-bond donors (Lipinski definition) is 0. The number of nitrogens with zero attached hydrogens (tertiary/aromatic N) is 2. The van der Waals surface area contributed by atoms with Gasteiger partial charge in [-0.05, 0) is 24.1 Å². The molecule has 1 amide bonds. The topological polar surface area (TPSA) is 42.0 Å². The van der Waals surface area contributed by atoms with E-state index in [0.717, 1.165) is 31.9 Å². The highest BCUT2D eigenvalue weighted by molar-refractivity contribution is 5.79. The van der Waals surface area contributed by atoms with E-state index in [1.807, 2.05) is 26.2 Å². The van der Waals surface area contributed by atoms with Crippen LogP contribution in [0.4, 0.5) is 0 Å². The van der Waals surface area contributed by atoms with Gasteiger partial charge in [0.1, 0.15) is 5.75 Å². The molecule has 2 aliphatic rings. The Balaban J connectivity index is 1.72. The Morgan fingerprint density at radius 2 is 2.09 bits per heavy atom. The average molecular weight is 304 g/mol. The van der Waals surface area contributed by atoms with Crippen LogP contribution in [0.5, 0.6) is 5.75 Å². The van der Waals surface area contributed by atoms with Crippen LogP contribution in [0.2, 0.25) is 0 Å². The first kappa shape index (κ1) is 15.3. The third kappa shape index (κ3) is 2.83. The zero-order valence-corrected chi connectivity index (χ0v) is 13.5. The van der Waals surface area contributed by atoms with Crippen LogP contribution in [0.3, 0.4) is 0 Å². The smallest absolute Gasteiger partial charge is 0.229 e. The highest BCUT2D eigenvalue weighted by atomic mass is 16.5. The van der Waals surface area contributed by atoms with Crippen LogP contribution in [0.1, 0.15) is 12.0 Å². The third-order valence-corrected chi connectivity index (χ3v) is 4.70. The molecule has 0 aromatic heterocycles. The van der Waals surface area contributed by atoms with Gasteiger partial charge in [0.2, 0.25) is 5.91 Å². The second-order valence-corrected chi connectivity index (χ2v) is 6.31. The quantitative estimate of drug-likeness (QED) is 0.842. The van der Waals surface area contributed by atoms with E-state index in [1.165, 1.54) is 5.56 Å². The molecule has 2 fully saturated rings. The molecule has 0 radical (unpaired) electrons. The Labute approximate surface area is 131 Å². The standard InChI is InChI=1S/C17H24N2O3/c1-18(2)17(20)14-11-19(15-8-9-22-16(14)15)10-12-4-6-13(21-3)7-5-12/h4-7,14-16H,8-11H2,1-3H3/t14-,15+,16+/m1/s1. The minimum atomic E-state index is -0.0410. The molecule has 1 aromatic rings. The number of hydrogen-bond acceptors (Lipinski definition) is 4. The van der Waals surface area contributed by atoms with Gasteiger partial charge in [-0.1, -0.05) is 12.1 Å². The van der Waals surface area contributed by atoms with Crippen LogP contribution in [0.15, 0.2) is 24.3 Å². The van der Waals surface area contributed by atoms with Crippen molar-refractivity contribution in [2.24, 2.45) is 5.92 Å². The maximum atomic E-state index is 12.4. The number of carbonyl (C=O) groups is 1. The van der Waals surface area contributed by atoms with E-state index >= 15 is 0 Å². The Morgan fingerprint density at radius 1 is 1.36 bits per heavy atom. The van der Waals surface area contributed by atoms with Crippen LogP contribution < -0.4 is 4.74 Å². The lowest BCUT2D eigenvalue weighted by Crippen LogP contribution is -2.37. The fraction of sp³-hybridized carbons (Fsp3) is 0.588. The summed E-state index contributed by atoms with van der Waals surface area (Å²) in [6, 6.07) is 8.50. The minimum absolute atomic E-state index is 0.0410. The lowest BCUT2D eigenvalue weighted by Gasteiger charge is -2.22. The Bertz CT molecular complexity index is 529. The van der Waals surface area contributed by atoms with Gasteiger partial charge >= 0.3 is 0 Å². The molecule has 5 heteroatoms. The summed E-state index contributed by atoms with van der Waals surface area (Å²) in [5.74, 6) is 1.00. The van der Waals surface area contributed by atoms with Crippen LogP contribution in [-0.2, 0) is 16.1 Å². The lowest BCUT2D eigenvalue weighted by molar-refractivity contribution is -0.135. The van der Waals surface area contributed by atoms with Crippen LogP contribution >= 0.6 is 0 Å². The molecule has 5 nitrogen and oxygen atoms in total. The Morgan fingerprint density at radius 3 is 2.73 bits per heavy atom. The Kier molecular flexibility index (Phi) is 4.36. The van der Waals surface area contributed by atoms with Crippen molar-refractivity contribution in [3.05, 3.63) is 29.8 Å². The summed E-state index contributed by atoms with van der Waals surface area (Å²) in [6.07, 6.45) is 1.06. The van der Waals surface area contributed by atoms with E-state index in [4.69, 9.17) is 9.47 Å². The first-order valence-corrected chi connectivity index (χ1v) is 7.80. The molecule has 3 atom stereocenters. The van der Waals surface area contributed by atoms with Crippen molar-refractivity contribution >= 4 is 5.91 Å². The van der Waals surface area contributed by atoms with Crippen LogP contribution in [0, 0.1) is 5.92 Å². The van der Waals surface area contributed by atoms with Gasteiger partial charge in [-0.25, -0.2) is 0 Å². The monoisotopic (exact) mass is 304 g/mol. The molecule has 2 heterocycles. The van der Waals surface area contributed by atoms with Gasteiger partial charge in [-0.3, -0.25) is 9.69 Å². The number of carbonyl (C=O) groups excluding carboxylic acids is 1. The zero-order valence-electron chi connectivity index (χ0n) is 13.5. The number of likely N-dealkylation sites (tertiary alicyclic amines) is 1. The summed E-state index contributed by atoms with van der Waals surface area (Å²) < 4.78 is 11.1. The van der Waals surface area contributed by atoms with E-state index in [9.17, 15) is 4.79 Å². The molecular formula is C17H24N2O3. The number of ether oxygens (including phenoxy) is 2. The number of benzene rings is 1. The Hall–Kier alpha value is -1.59. The van der Waals surface area contributed by atoms with E-state index in [1.54, 1.807) is 12.0 Å². The second-order valence-electron chi connectivity index (χ2n) is 6.31. The summed E-state index contributed by atoms with van der Waals surface area (Å²) in [4.78, 5) is 16.4. The molecule has 2 aliphatic heterocycles. The van der Waals surface area contributed by atoms with Crippen molar-refractivity contribution in [2.75, 3.05) is 34.4 Å². The zero-order chi connectivity index (χ0) is 15.7. The molecule has 22 heavy (non-hydrogen) atoms. The summed E-state index contributed by atoms with van der Waals surface area (Å²) in [7, 11) is 5.31. The number of rotatable bonds is 4. The van der Waals surface area contributed by atoms with Gasteiger partial charge in [0.25, 0.3) is 0 Å². The summed E-state index contributed by atoms with van der Waals surface area (Å²) in [5.41, 5.74) is 1.24. The predicted molar refractivity (Wildman–Crippen MR) is 83.7 cm³/mol. The molecule has 120 valence electrons. The molecule has 0 N–H and O–H groups in total. The fourth-order valence-corrected chi connectivity index (χ4v) is 3.56. The van der Waals surface area contributed by atoms with E-state index in [2.05, 4.69) is 17.0 Å². The highest BCUT2D eigenvalue weighted by Gasteiger charge is 2.48. The minimum Gasteiger partial charge on any atom is -0.497 e. The van der Waals surface area contributed by atoms with Gasteiger partial charge in [0, 0.05) is 39.8 Å². The largest absolute Gasteiger partial charge is 0.497 e. The van der Waals surface area contributed by atoms with E-state index < -0.39 is 0 Å². The van der Waals surface area contributed by atoms with Crippen molar-refractivity contribution in [2.45, 2.75) is 25.1 Å². The molecule has 0 unspecified atom stereocenters. The molecule has 3 rings (SSSR count). The lowest BCUT2D eigenvalue weighted by atomic mass is 10.0. The van der Waals surface area contributed by atoms with Gasteiger partial charge < -0.3 is 14.4 Å². The summed E-state index contributed by atoms with van der Waals surface area (Å²) in [5, 5.41) is 0. The van der Waals surface area contributed by atoms with Gasteiger partial charge in [0.15, 0.2) is 0 Å². The van der Waals surface area contributed by atoms with Gasteiger partial charge in [0.05, 0.1) is 19.1 Å². The summed E-state index contributed by atoms with van der Waals surface area (Å²) in [6.45, 7) is 2.38. The number of amides is 1. The summed E-state index contributed by atoms with van der Waals surface area (Å²) >= 11 is 0. The van der Waals surface area contributed by atoms with Crippen LogP contribution in [0.25, 0.3) is 0 Å². The molecule has 1 aromatic carbocycles. The van der Waals surface area contributed by atoms with Gasteiger partial charge in [-0.15, -0.1) is 0 Å². The first-order valence-electron chi connectivity index (χ1n) is 7.80. The molecular weight excluding hydrogens is 280 g/mol. The average Bonchev–Trinajstić information content (AvgIpc) is 3.11. The molecule has 2 saturated heterocycles. The third-order valence-electron chi connectivity index (χ3n) is 4.70. The van der Waals surface area contributed by atoms with E-state index in [-0.39, 0.29) is 17.9 Å². The maximum absolute atomic E-state index is 12.4. The van der Waals surface area contributed by atoms with Crippen molar-refractivity contribution in [3.8, 4) is 5.75 Å². The van der Waals surface area contributed by atoms with Crippen LogP contribution in [-0.4, -0.2) is 62.2 Å².